The first-order chi connectivity index (χ1) is 18.4. The Morgan fingerprint density at radius 2 is 1.63 bits per heavy atom. The summed E-state index contributed by atoms with van der Waals surface area (Å²) >= 11 is 0. The third kappa shape index (κ3) is 10.4. The van der Waals surface area contributed by atoms with Gasteiger partial charge in [-0.1, -0.05) is 43.4 Å². The van der Waals surface area contributed by atoms with Gasteiger partial charge in [-0.15, -0.1) is 0 Å². The van der Waals surface area contributed by atoms with E-state index < -0.39 is 24.0 Å². The number of ketones is 1. The van der Waals surface area contributed by atoms with Crippen molar-refractivity contribution < 1.29 is 33.4 Å². The number of amides is 3. The molecule has 2 saturated heterocycles. The third-order valence-electron chi connectivity index (χ3n) is 7.03. The normalized spacial score (nSPS) is 21.3. The Hall–Kier alpha value is -2.98. The number of epoxide rings is 1. The number of Topliss-reactive ketones (excluding diaryl/α,β-unsaturated/α-hetero) is 1. The molecule has 210 valence electrons. The van der Waals surface area contributed by atoms with Gasteiger partial charge in [0, 0.05) is 6.61 Å². The van der Waals surface area contributed by atoms with Crippen molar-refractivity contribution in [2.24, 2.45) is 11.8 Å². The van der Waals surface area contributed by atoms with Gasteiger partial charge in [0.25, 0.3) is 0 Å². The first-order valence-electron chi connectivity index (χ1n) is 13.5. The summed E-state index contributed by atoms with van der Waals surface area (Å²) in [4.78, 5) is 48.6. The molecule has 2 unspecified atom stereocenters. The monoisotopic (exact) mass is 531 g/mol. The number of nitrogens with one attached hydrogen (secondary N) is 3. The molecule has 3 fully saturated rings. The lowest BCUT2D eigenvalue weighted by atomic mass is 9.94. The fraction of sp³-hybridized carbons (Fsp3) is 0.643. The van der Waals surface area contributed by atoms with Crippen molar-refractivity contribution in [3.8, 4) is 5.75 Å². The Kier molecular flexibility index (Phi) is 12.0. The lowest BCUT2D eigenvalue weighted by Gasteiger charge is -2.21. The maximum atomic E-state index is 12.4. The van der Waals surface area contributed by atoms with Crippen LogP contribution in [0.2, 0.25) is 0 Å². The smallest absolute Gasteiger partial charge is 0.239 e. The van der Waals surface area contributed by atoms with E-state index in [0.717, 1.165) is 44.3 Å². The van der Waals surface area contributed by atoms with E-state index in [0.29, 0.717) is 32.2 Å². The molecule has 0 radical (unpaired) electrons. The maximum Gasteiger partial charge on any atom is 0.239 e. The molecule has 3 atom stereocenters. The highest BCUT2D eigenvalue weighted by molar-refractivity contribution is 5.94. The molecule has 0 bridgehead atoms. The zero-order valence-electron chi connectivity index (χ0n) is 22.5. The number of carbonyl (C=O) groups excluding carboxylic acids is 4. The number of benzene rings is 1. The lowest BCUT2D eigenvalue weighted by Crippen LogP contribution is -2.49. The highest BCUT2D eigenvalue weighted by Crippen LogP contribution is 2.29. The van der Waals surface area contributed by atoms with Crippen molar-refractivity contribution in [2.45, 2.75) is 64.0 Å². The molecule has 10 heteroatoms. The van der Waals surface area contributed by atoms with Crippen LogP contribution < -0.4 is 20.7 Å². The van der Waals surface area contributed by atoms with E-state index >= 15 is 0 Å². The minimum absolute atomic E-state index is 0.0847. The molecule has 2 heterocycles. The Balaban J connectivity index is 0.000000375. The Bertz CT molecular complexity index is 921. The molecule has 38 heavy (non-hydrogen) atoms. The second-order valence-electron chi connectivity index (χ2n) is 10.2. The quantitative estimate of drug-likeness (QED) is 0.370. The van der Waals surface area contributed by atoms with Crippen LogP contribution in [-0.2, 0) is 28.7 Å². The molecule has 0 aromatic heterocycles. The highest BCUT2D eigenvalue weighted by atomic mass is 16.6. The lowest BCUT2D eigenvalue weighted by molar-refractivity contribution is -0.132. The van der Waals surface area contributed by atoms with Gasteiger partial charge < -0.3 is 30.2 Å². The molecule has 0 spiro atoms. The average Bonchev–Trinajstić information content (AvgIpc) is 3.67. The van der Waals surface area contributed by atoms with Crippen LogP contribution >= 0.6 is 0 Å². The van der Waals surface area contributed by atoms with Crippen LogP contribution in [0.3, 0.4) is 0 Å². The molecule has 1 aliphatic carbocycles. The summed E-state index contributed by atoms with van der Waals surface area (Å²) in [5.74, 6) is -0.0321. The maximum absolute atomic E-state index is 12.4. The Morgan fingerprint density at radius 1 is 0.947 bits per heavy atom. The number of hydrogen-bond acceptors (Lipinski definition) is 7. The molecular formula is C28H41N3O7. The summed E-state index contributed by atoms with van der Waals surface area (Å²) in [6.07, 6.45) is 6.27. The van der Waals surface area contributed by atoms with Crippen molar-refractivity contribution in [1.29, 1.82) is 0 Å². The van der Waals surface area contributed by atoms with Gasteiger partial charge in [0.15, 0.2) is 5.78 Å². The summed E-state index contributed by atoms with van der Waals surface area (Å²) in [6, 6.07) is 7.39. The first kappa shape index (κ1) is 29.6. The number of rotatable bonds is 11. The SMILES string of the molecule is COc1ccc(C)cc1.O=C(CNC(=O)[C@H]1CCCOC1)NCC(=O)NC(CC1CCCC1)C(=O)C1CO1. The van der Waals surface area contributed by atoms with E-state index in [1.54, 1.807) is 7.11 Å². The molecule has 4 rings (SSSR count). The number of hydrogen-bond donors (Lipinski definition) is 3. The van der Waals surface area contributed by atoms with E-state index in [4.69, 9.17) is 14.2 Å². The molecule has 3 amide bonds. The standard InChI is InChI=1S/C20H31N3O6.C8H10O/c24-17(9-22-20(27)14-6-3-7-28-11-14)21-10-18(25)23-15(19(26)16-12-29-16)8-13-4-1-2-5-13;1-7-3-5-8(9-2)6-4-7/h13-16H,1-12H2,(H,21,24)(H,22,27)(H,23,25);3-6H,1-2H3/t14-,15?,16?;/m0./s1. The average molecular weight is 532 g/mol. The van der Waals surface area contributed by atoms with Gasteiger partial charge in [-0.3, -0.25) is 19.2 Å². The van der Waals surface area contributed by atoms with Crippen molar-refractivity contribution in [3.05, 3.63) is 29.8 Å². The summed E-state index contributed by atoms with van der Waals surface area (Å²) in [5, 5.41) is 7.81. The molecule has 3 aliphatic rings. The third-order valence-corrected chi connectivity index (χ3v) is 7.03. The van der Waals surface area contributed by atoms with Crippen molar-refractivity contribution in [1.82, 2.24) is 16.0 Å². The molecule has 2 aliphatic heterocycles. The van der Waals surface area contributed by atoms with Crippen LogP contribution in [0.5, 0.6) is 5.75 Å². The predicted molar refractivity (Wildman–Crippen MR) is 141 cm³/mol. The summed E-state index contributed by atoms with van der Waals surface area (Å²) in [6.45, 7) is 3.08. The molecule has 1 saturated carbocycles. The van der Waals surface area contributed by atoms with Crippen molar-refractivity contribution in [3.63, 3.8) is 0 Å². The Labute approximate surface area is 224 Å². The van der Waals surface area contributed by atoms with E-state index in [2.05, 4.69) is 22.9 Å². The van der Waals surface area contributed by atoms with Gasteiger partial charge in [-0.25, -0.2) is 0 Å². The molecular weight excluding hydrogens is 490 g/mol. The van der Waals surface area contributed by atoms with Gasteiger partial charge >= 0.3 is 0 Å². The number of ether oxygens (including phenoxy) is 3. The van der Waals surface area contributed by atoms with Crippen LogP contribution in [0.15, 0.2) is 24.3 Å². The van der Waals surface area contributed by atoms with Gasteiger partial charge in [-0.2, -0.15) is 0 Å². The second-order valence-corrected chi connectivity index (χ2v) is 10.2. The van der Waals surface area contributed by atoms with Gasteiger partial charge in [0.05, 0.1) is 45.4 Å². The minimum atomic E-state index is -0.569. The van der Waals surface area contributed by atoms with Crippen molar-refractivity contribution in [2.75, 3.05) is 40.0 Å². The highest BCUT2D eigenvalue weighted by Gasteiger charge is 2.38. The number of carbonyl (C=O) groups is 4. The molecule has 10 nitrogen and oxygen atoms in total. The summed E-state index contributed by atoms with van der Waals surface area (Å²) < 4.78 is 15.3. The number of aryl methyl sites for hydroxylation is 1. The van der Waals surface area contributed by atoms with E-state index in [9.17, 15) is 19.2 Å². The predicted octanol–water partition coefficient (Wildman–Crippen LogP) is 1.68. The Morgan fingerprint density at radius 3 is 2.24 bits per heavy atom. The number of methoxy groups -OCH3 is 1. The fourth-order valence-electron chi connectivity index (χ4n) is 4.68. The fourth-order valence-corrected chi connectivity index (χ4v) is 4.68. The first-order valence-corrected chi connectivity index (χ1v) is 13.5. The zero-order chi connectivity index (χ0) is 27.3. The van der Waals surface area contributed by atoms with Gasteiger partial charge in [0.1, 0.15) is 11.9 Å². The van der Waals surface area contributed by atoms with Crippen molar-refractivity contribution >= 4 is 23.5 Å². The van der Waals surface area contributed by atoms with Crippen LogP contribution in [0.25, 0.3) is 0 Å². The van der Waals surface area contributed by atoms with Gasteiger partial charge in [0.2, 0.25) is 17.7 Å². The van der Waals surface area contributed by atoms with Crippen LogP contribution in [-0.4, -0.2) is 75.7 Å². The van der Waals surface area contributed by atoms with Crippen LogP contribution in [0, 0.1) is 18.8 Å². The molecule has 3 N–H and O–H groups in total. The molecule has 1 aromatic rings. The topological polar surface area (TPSA) is 135 Å². The zero-order valence-corrected chi connectivity index (χ0v) is 22.5. The van der Waals surface area contributed by atoms with E-state index in [-0.39, 0.29) is 30.7 Å². The van der Waals surface area contributed by atoms with E-state index in [1.165, 1.54) is 5.56 Å². The second kappa shape index (κ2) is 15.4. The summed E-state index contributed by atoms with van der Waals surface area (Å²) in [7, 11) is 1.67. The van der Waals surface area contributed by atoms with Crippen LogP contribution in [0.4, 0.5) is 0 Å². The molecule has 1 aromatic carbocycles. The minimum Gasteiger partial charge on any atom is -0.497 e. The van der Waals surface area contributed by atoms with Gasteiger partial charge in [-0.05, 0) is 44.2 Å². The van der Waals surface area contributed by atoms with Crippen LogP contribution in [0.1, 0.15) is 50.5 Å². The summed E-state index contributed by atoms with van der Waals surface area (Å²) in [5.41, 5.74) is 1.26. The van der Waals surface area contributed by atoms with E-state index in [1.807, 2.05) is 24.3 Å². The largest absolute Gasteiger partial charge is 0.497 e.